The Morgan fingerprint density at radius 1 is 1.43 bits per heavy atom. The summed E-state index contributed by atoms with van der Waals surface area (Å²) in [5.74, 6) is -2.82. The Hall–Kier alpha value is -0.480. The van der Waals surface area contributed by atoms with E-state index in [4.69, 9.17) is 5.73 Å². The number of alkyl halides is 2. The molecule has 0 radical (unpaired) electrons. The van der Waals surface area contributed by atoms with Crippen molar-refractivity contribution in [2.75, 3.05) is 6.54 Å². The van der Waals surface area contributed by atoms with E-state index in [9.17, 15) is 8.78 Å². The first-order valence-electron chi connectivity index (χ1n) is 4.27. The van der Waals surface area contributed by atoms with Gasteiger partial charge in [-0.3, -0.25) is 0 Å². The highest BCUT2D eigenvalue weighted by molar-refractivity contribution is 9.10. The Balaban J connectivity index is 2.91. The molecule has 1 aromatic rings. The molecule has 4 heteroatoms. The lowest BCUT2D eigenvalue weighted by Gasteiger charge is -2.15. The van der Waals surface area contributed by atoms with Crippen LogP contribution >= 0.6 is 15.9 Å². The van der Waals surface area contributed by atoms with Gasteiger partial charge in [0.25, 0.3) is 5.92 Å². The zero-order chi connectivity index (χ0) is 10.8. The zero-order valence-corrected chi connectivity index (χ0v) is 9.44. The van der Waals surface area contributed by atoms with E-state index in [0.717, 1.165) is 5.56 Å². The largest absolute Gasteiger partial charge is 0.325 e. The summed E-state index contributed by atoms with van der Waals surface area (Å²) >= 11 is 3.24. The van der Waals surface area contributed by atoms with Gasteiger partial charge in [-0.05, 0) is 18.6 Å². The number of hydrogen-bond donors (Lipinski definition) is 1. The number of benzene rings is 1. The van der Waals surface area contributed by atoms with Gasteiger partial charge in [0.1, 0.15) is 0 Å². The molecule has 0 unspecified atom stereocenters. The summed E-state index contributed by atoms with van der Waals surface area (Å²) in [4.78, 5) is 0. The molecule has 1 nitrogen and oxygen atoms in total. The molecule has 0 fully saturated rings. The molecule has 0 amide bonds. The van der Waals surface area contributed by atoms with Crippen molar-refractivity contribution in [1.82, 2.24) is 0 Å². The number of nitrogens with two attached hydrogens (primary N) is 1. The van der Waals surface area contributed by atoms with E-state index in [2.05, 4.69) is 15.9 Å². The second-order valence-corrected chi connectivity index (χ2v) is 4.19. The maximum absolute atomic E-state index is 13.0. The molecule has 0 aromatic heterocycles. The topological polar surface area (TPSA) is 26.0 Å². The minimum absolute atomic E-state index is 0.314. The predicted octanol–water partition coefficient (Wildman–Crippen LogP) is 2.89. The van der Waals surface area contributed by atoms with Crippen LogP contribution in [-0.4, -0.2) is 12.5 Å². The highest BCUT2D eigenvalue weighted by Gasteiger charge is 2.27. The lowest BCUT2D eigenvalue weighted by molar-refractivity contribution is 0.0113. The number of hydrogen-bond acceptors (Lipinski definition) is 1. The third-order valence-corrected chi connectivity index (χ3v) is 2.72. The van der Waals surface area contributed by atoms with Crippen LogP contribution < -0.4 is 5.73 Å². The van der Waals surface area contributed by atoms with E-state index in [1.807, 2.05) is 13.0 Å². The zero-order valence-electron chi connectivity index (χ0n) is 7.86. The van der Waals surface area contributed by atoms with Crippen LogP contribution in [0.3, 0.4) is 0 Å². The molecule has 14 heavy (non-hydrogen) atoms. The molecule has 0 spiro atoms. The van der Waals surface area contributed by atoms with Gasteiger partial charge in [0, 0.05) is 10.9 Å². The van der Waals surface area contributed by atoms with Crippen molar-refractivity contribution < 1.29 is 8.78 Å². The first kappa shape index (κ1) is 11.6. The van der Waals surface area contributed by atoms with E-state index in [0.29, 0.717) is 10.0 Å². The molecule has 0 bridgehead atoms. The van der Waals surface area contributed by atoms with E-state index in [-0.39, 0.29) is 6.42 Å². The fraction of sp³-hybridized carbons (Fsp3) is 0.400. The van der Waals surface area contributed by atoms with Crippen molar-refractivity contribution in [2.24, 2.45) is 5.73 Å². The van der Waals surface area contributed by atoms with Crippen molar-refractivity contribution in [3.8, 4) is 0 Å². The van der Waals surface area contributed by atoms with Crippen molar-refractivity contribution in [3.63, 3.8) is 0 Å². The van der Waals surface area contributed by atoms with Gasteiger partial charge in [-0.15, -0.1) is 0 Å². The minimum atomic E-state index is -2.82. The molecule has 1 aromatic carbocycles. The third kappa shape index (κ3) is 3.03. The van der Waals surface area contributed by atoms with Gasteiger partial charge in [0.2, 0.25) is 0 Å². The van der Waals surface area contributed by atoms with Gasteiger partial charge in [-0.2, -0.15) is 0 Å². The number of aryl methyl sites for hydroxylation is 1. The first-order chi connectivity index (χ1) is 6.44. The number of halogens is 3. The molecule has 0 aliphatic rings. The summed E-state index contributed by atoms with van der Waals surface area (Å²) in [5.41, 5.74) is 6.54. The molecular weight excluding hydrogens is 252 g/mol. The number of rotatable bonds is 3. The average Bonchev–Trinajstić information content (AvgIpc) is 2.11. The second kappa shape index (κ2) is 4.36. The van der Waals surface area contributed by atoms with Crippen LogP contribution in [0.4, 0.5) is 8.78 Å². The fourth-order valence-corrected chi connectivity index (χ4v) is 1.58. The van der Waals surface area contributed by atoms with Gasteiger partial charge in [0.15, 0.2) is 0 Å². The van der Waals surface area contributed by atoms with E-state index < -0.39 is 12.5 Å². The van der Waals surface area contributed by atoms with Crippen LogP contribution in [0.2, 0.25) is 0 Å². The molecule has 0 atom stereocenters. The highest BCUT2D eigenvalue weighted by Crippen LogP contribution is 2.25. The summed E-state index contributed by atoms with van der Waals surface area (Å²) in [6.45, 7) is 1.25. The lowest BCUT2D eigenvalue weighted by atomic mass is 10.1. The van der Waals surface area contributed by atoms with Crippen LogP contribution in [0.5, 0.6) is 0 Å². The van der Waals surface area contributed by atoms with E-state index in [1.165, 1.54) is 0 Å². The molecule has 0 saturated heterocycles. The molecule has 0 saturated carbocycles. The van der Waals surface area contributed by atoms with Gasteiger partial charge >= 0.3 is 0 Å². The molecular formula is C10H12BrF2N. The molecule has 1 rings (SSSR count). The molecule has 0 heterocycles. The first-order valence-corrected chi connectivity index (χ1v) is 5.07. The SMILES string of the molecule is Cc1ccc(Br)c(CC(F)(F)CN)c1. The lowest BCUT2D eigenvalue weighted by Crippen LogP contribution is -2.30. The van der Waals surface area contributed by atoms with Crippen LogP contribution in [0, 0.1) is 6.92 Å². The van der Waals surface area contributed by atoms with Crippen LogP contribution in [0.1, 0.15) is 11.1 Å². The Bertz CT molecular complexity index is 326. The van der Waals surface area contributed by atoms with Gasteiger partial charge in [0.05, 0.1) is 6.54 Å². The summed E-state index contributed by atoms with van der Waals surface area (Å²) in [7, 11) is 0. The molecule has 2 N–H and O–H groups in total. The summed E-state index contributed by atoms with van der Waals surface area (Å²) in [6, 6.07) is 5.39. The van der Waals surface area contributed by atoms with Crippen molar-refractivity contribution in [2.45, 2.75) is 19.3 Å². The van der Waals surface area contributed by atoms with Crippen molar-refractivity contribution in [3.05, 3.63) is 33.8 Å². The monoisotopic (exact) mass is 263 g/mol. The fourth-order valence-electron chi connectivity index (χ4n) is 1.19. The second-order valence-electron chi connectivity index (χ2n) is 3.33. The quantitative estimate of drug-likeness (QED) is 0.892. The Morgan fingerprint density at radius 2 is 2.07 bits per heavy atom. The predicted molar refractivity (Wildman–Crippen MR) is 56.6 cm³/mol. The van der Waals surface area contributed by atoms with Crippen LogP contribution in [0.25, 0.3) is 0 Å². The summed E-state index contributed by atoms with van der Waals surface area (Å²) in [5, 5.41) is 0. The van der Waals surface area contributed by atoms with Crippen molar-refractivity contribution >= 4 is 15.9 Å². The van der Waals surface area contributed by atoms with E-state index in [1.54, 1.807) is 12.1 Å². The standard InChI is InChI=1S/C10H12BrF2N/c1-7-2-3-9(11)8(4-7)5-10(12,13)6-14/h2-4H,5-6,14H2,1H3. The van der Waals surface area contributed by atoms with Crippen molar-refractivity contribution in [1.29, 1.82) is 0 Å². The van der Waals surface area contributed by atoms with Gasteiger partial charge < -0.3 is 5.73 Å². The Labute approximate surface area is 90.4 Å². The minimum Gasteiger partial charge on any atom is -0.325 e. The maximum Gasteiger partial charge on any atom is 0.264 e. The average molecular weight is 264 g/mol. The molecule has 0 aliphatic carbocycles. The molecule has 0 aliphatic heterocycles. The Morgan fingerprint density at radius 3 is 2.64 bits per heavy atom. The highest BCUT2D eigenvalue weighted by atomic mass is 79.9. The van der Waals surface area contributed by atoms with Crippen LogP contribution in [0.15, 0.2) is 22.7 Å². The van der Waals surface area contributed by atoms with E-state index >= 15 is 0 Å². The summed E-state index contributed by atoms with van der Waals surface area (Å²) < 4.78 is 26.7. The molecule has 78 valence electrons. The van der Waals surface area contributed by atoms with Gasteiger partial charge in [-0.25, -0.2) is 8.78 Å². The normalized spacial score (nSPS) is 11.8. The Kier molecular flexibility index (Phi) is 3.61. The summed E-state index contributed by atoms with van der Waals surface area (Å²) in [6.07, 6.45) is -0.314. The van der Waals surface area contributed by atoms with Gasteiger partial charge in [-0.1, -0.05) is 33.6 Å². The smallest absolute Gasteiger partial charge is 0.264 e. The third-order valence-electron chi connectivity index (χ3n) is 1.95. The van der Waals surface area contributed by atoms with Crippen LogP contribution in [-0.2, 0) is 6.42 Å². The maximum atomic E-state index is 13.0.